The molecule has 0 amide bonds. The summed E-state index contributed by atoms with van der Waals surface area (Å²) in [5, 5.41) is 0. The van der Waals surface area contributed by atoms with Crippen molar-refractivity contribution in [1.29, 1.82) is 0 Å². The van der Waals surface area contributed by atoms with Gasteiger partial charge in [0.25, 0.3) is 0 Å². The summed E-state index contributed by atoms with van der Waals surface area (Å²) >= 11 is -3.11. The Morgan fingerprint density at radius 1 is 1.00 bits per heavy atom. The molecule has 0 atom stereocenters. The van der Waals surface area contributed by atoms with Gasteiger partial charge < -0.3 is 21.5 Å². The van der Waals surface area contributed by atoms with E-state index in [4.69, 9.17) is 13.3 Å². The van der Waals surface area contributed by atoms with Crippen molar-refractivity contribution in [3.8, 4) is 0 Å². The van der Waals surface area contributed by atoms with Gasteiger partial charge in [-0.05, 0) is 0 Å². The van der Waals surface area contributed by atoms with Crippen LogP contribution in [0.2, 0.25) is 0 Å². The molecule has 34 valence electrons. The van der Waals surface area contributed by atoms with Crippen LogP contribution in [-0.4, -0.2) is 13.3 Å². The van der Waals surface area contributed by atoms with E-state index in [0.29, 0.717) is 0 Å². The summed E-state index contributed by atoms with van der Waals surface area (Å²) in [6.07, 6.45) is 0. The summed E-state index contributed by atoms with van der Waals surface area (Å²) in [5.74, 6) is 0. The summed E-state index contributed by atoms with van der Waals surface area (Å²) in [4.78, 5) is 0. The Labute approximate surface area is 123 Å². The first-order chi connectivity index (χ1) is 1.73. The molecule has 0 aromatic rings. The Hall–Kier alpha value is 3.36. The topological polar surface area (TPSA) is 63.2 Å². The average molecular weight is 184 g/mol. The van der Waals surface area contributed by atoms with Crippen molar-refractivity contribution in [2.75, 3.05) is 0 Å². The summed E-state index contributed by atoms with van der Waals surface area (Å²) in [5.41, 5.74) is 0. The van der Waals surface area contributed by atoms with Gasteiger partial charge in [-0.15, -0.1) is 11.4 Å². The van der Waals surface area contributed by atoms with Crippen LogP contribution < -0.4 is 101 Å². The summed E-state index contributed by atoms with van der Waals surface area (Å²) in [6.45, 7) is 0. The molecule has 0 aliphatic carbocycles. The van der Waals surface area contributed by atoms with Gasteiger partial charge in [0.1, 0.15) is 0 Å². The minimum atomic E-state index is -3.11. The predicted molar refractivity (Wildman–Crippen MR) is 9.70 cm³/mol. The smallest absolute Gasteiger partial charge is 1.00 e. The number of hydrogen-bond acceptors (Lipinski definition) is 3. The predicted octanol–water partition coefficient (Wildman–Crippen LogP) is -13.0. The fourth-order valence-corrected chi connectivity index (χ4v) is 0. The van der Waals surface area contributed by atoms with E-state index in [0.717, 1.165) is 0 Å². The molecule has 0 unspecified atom stereocenters. The van der Waals surface area contributed by atoms with E-state index >= 15 is 0 Å². The SMILES string of the molecule is O=S([O-])[O-].[Cl-].[Na+].[Na+].[Na+]. The van der Waals surface area contributed by atoms with Gasteiger partial charge in [-0.25, -0.2) is 0 Å². The second-order valence-electron chi connectivity index (χ2n) is 0.204. The van der Waals surface area contributed by atoms with Crippen molar-refractivity contribution in [3.63, 3.8) is 0 Å². The van der Waals surface area contributed by atoms with Crippen molar-refractivity contribution in [2.45, 2.75) is 0 Å². The van der Waals surface area contributed by atoms with Crippen LogP contribution in [0.4, 0.5) is 0 Å². The van der Waals surface area contributed by atoms with Crippen LogP contribution >= 0.6 is 0 Å². The standard InChI is InChI=1S/ClH.3Na.H2O3S/c;;;;1-4(2)3/h1H;;;;(H2,1,2,3)/q;3*+1;/p-3. The van der Waals surface area contributed by atoms with Gasteiger partial charge in [-0.1, -0.05) is 0 Å². The molecule has 0 spiro atoms. The van der Waals surface area contributed by atoms with Crippen LogP contribution in [0.3, 0.4) is 0 Å². The molecule has 0 heterocycles. The van der Waals surface area contributed by atoms with E-state index in [1.165, 1.54) is 0 Å². The average Bonchev–Trinajstić information content (AvgIpc) is 0.811. The third-order valence-corrected chi connectivity index (χ3v) is 0. The summed E-state index contributed by atoms with van der Waals surface area (Å²) < 4.78 is 25.3. The Morgan fingerprint density at radius 2 is 1.00 bits per heavy atom. The normalized spacial score (nSPS) is 4.38. The Kier molecular flexibility index (Phi) is 84.5. The van der Waals surface area contributed by atoms with Crippen LogP contribution in [0.1, 0.15) is 0 Å². The molecule has 8 heteroatoms. The second-order valence-corrected chi connectivity index (χ2v) is 0.612. The van der Waals surface area contributed by atoms with Crippen molar-refractivity contribution in [1.82, 2.24) is 0 Å². The second kappa shape index (κ2) is 22.4. The van der Waals surface area contributed by atoms with E-state index in [1.807, 2.05) is 0 Å². The zero-order valence-corrected chi connectivity index (χ0v) is 12.6. The van der Waals surface area contributed by atoms with E-state index in [9.17, 15) is 0 Å². The van der Waals surface area contributed by atoms with Crippen LogP contribution in [-0.2, 0) is 11.4 Å². The van der Waals surface area contributed by atoms with Crippen molar-refractivity contribution in [2.24, 2.45) is 0 Å². The number of rotatable bonds is 0. The Morgan fingerprint density at radius 3 is 1.00 bits per heavy atom. The first-order valence-electron chi connectivity index (χ1n) is 0.500. The van der Waals surface area contributed by atoms with E-state index in [-0.39, 0.29) is 101 Å². The molecule has 0 saturated heterocycles. The zero-order valence-electron chi connectivity index (χ0n) is 5.01. The van der Waals surface area contributed by atoms with E-state index < -0.39 is 11.4 Å². The van der Waals surface area contributed by atoms with Gasteiger partial charge in [-0.2, -0.15) is 0 Å². The van der Waals surface area contributed by atoms with Crippen molar-refractivity contribution >= 4 is 11.4 Å². The van der Waals surface area contributed by atoms with E-state index in [2.05, 4.69) is 0 Å². The van der Waals surface area contributed by atoms with Crippen LogP contribution in [0, 0.1) is 0 Å². The third-order valence-electron chi connectivity index (χ3n) is 0. The molecule has 0 bridgehead atoms. The molecule has 0 aromatic carbocycles. The maximum absolute atomic E-state index is 8.44. The van der Waals surface area contributed by atoms with Gasteiger partial charge in [-0.3, -0.25) is 4.21 Å². The Balaban J connectivity index is -0.00000000750. The molecule has 0 aliphatic heterocycles. The molecule has 3 nitrogen and oxygen atoms in total. The quantitative estimate of drug-likeness (QED) is 0.277. The maximum atomic E-state index is 8.44. The molecular weight excluding hydrogens is 184 g/mol. The molecule has 0 fully saturated rings. The van der Waals surface area contributed by atoms with Gasteiger partial charge >= 0.3 is 88.7 Å². The first kappa shape index (κ1) is 30.1. The first-order valence-corrected chi connectivity index (χ1v) is 1.50. The van der Waals surface area contributed by atoms with Crippen LogP contribution in [0.15, 0.2) is 0 Å². The summed E-state index contributed by atoms with van der Waals surface area (Å²) in [7, 11) is 0. The molecular formula is ClNa3O3S. The fraction of sp³-hybridized carbons (Fsp3) is 0. The molecule has 0 rings (SSSR count). The third kappa shape index (κ3) is 57.9. The maximum Gasteiger partial charge on any atom is 1.00 e. The molecule has 0 aliphatic rings. The summed E-state index contributed by atoms with van der Waals surface area (Å²) in [6, 6.07) is 0. The molecule has 0 N–H and O–H groups in total. The van der Waals surface area contributed by atoms with Gasteiger partial charge in [0.2, 0.25) is 0 Å². The Bertz CT molecular complexity index is 37.5. The fourth-order valence-electron chi connectivity index (χ4n) is 0. The van der Waals surface area contributed by atoms with Crippen molar-refractivity contribution < 1.29 is 114 Å². The van der Waals surface area contributed by atoms with Gasteiger partial charge in [0, 0.05) is 0 Å². The molecule has 0 aromatic heterocycles. The van der Waals surface area contributed by atoms with Crippen LogP contribution in [0.25, 0.3) is 0 Å². The van der Waals surface area contributed by atoms with Gasteiger partial charge in [0.15, 0.2) is 0 Å². The zero-order chi connectivity index (χ0) is 3.58. The molecule has 8 heavy (non-hydrogen) atoms. The minimum absolute atomic E-state index is 0. The van der Waals surface area contributed by atoms with Gasteiger partial charge in [0.05, 0.1) is 0 Å². The largest absolute Gasteiger partial charge is 1.00 e. The van der Waals surface area contributed by atoms with Crippen molar-refractivity contribution in [3.05, 3.63) is 0 Å². The molecule has 0 saturated carbocycles. The van der Waals surface area contributed by atoms with E-state index in [1.54, 1.807) is 0 Å². The number of halogens is 1. The molecule has 0 radical (unpaired) electrons. The number of hydrogen-bond donors (Lipinski definition) is 0. The monoisotopic (exact) mass is 184 g/mol. The minimum Gasteiger partial charge on any atom is -1.00 e. The van der Waals surface area contributed by atoms with Crippen LogP contribution in [0.5, 0.6) is 0 Å².